The fraction of sp³-hybridized carbons (Fsp3) is 0.353. The van der Waals surface area contributed by atoms with Crippen molar-refractivity contribution in [2.45, 2.75) is 32.9 Å². The summed E-state index contributed by atoms with van der Waals surface area (Å²) < 4.78 is 10.6. The van der Waals surface area contributed by atoms with E-state index in [-0.39, 0.29) is 23.9 Å². The number of carbonyl (C=O) groups excluding carboxylic acids is 1. The van der Waals surface area contributed by atoms with E-state index in [1.54, 1.807) is 12.1 Å². The van der Waals surface area contributed by atoms with E-state index >= 15 is 0 Å². The molecule has 1 amide bonds. The highest BCUT2D eigenvalue weighted by Crippen LogP contribution is 2.32. The number of nitrogens with zero attached hydrogens (tertiary/aromatic N) is 2. The molecule has 3 rings (SSSR count). The van der Waals surface area contributed by atoms with Gasteiger partial charge in [-0.05, 0) is 50.6 Å². The lowest BCUT2D eigenvalue weighted by atomic mass is 10.1. The number of amides is 1. The third-order valence-corrected chi connectivity index (χ3v) is 3.29. The molecule has 7 heteroatoms. The zero-order chi connectivity index (χ0) is 17.2. The van der Waals surface area contributed by atoms with Crippen molar-refractivity contribution in [3.63, 3.8) is 0 Å². The molecule has 2 aromatic rings. The van der Waals surface area contributed by atoms with Gasteiger partial charge in [0.2, 0.25) is 6.79 Å². The maximum Gasteiger partial charge on any atom is 0.272 e. The normalized spacial score (nSPS) is 12.8. The molecule has 0 spiro atoms. The number of benzene rings is 1. The van der Waals surface area contributed by atoms with Crippen LogP contribution in [0.1, 0.15) is 36.8 Å². The predicted molar refractivity (Wildman–Crippen MR) is 89.1 cm³/mol. The Morgan fingerprint density at radius 2 is 1.92 bits per heavy atom. The number of ether oxygens (including phenoxy) is 2. The average Bonchev–Trinajstić information content (AvgIpc) is 2.99. The summed E-state index contributed by atoms with van der Waals surface area (Å²) >= 11 is 0. The first-order chi connectivity index (χ1) is 11.4. The molecule has 0 atom stereocenters. The molecule has 24 heavy (non-hydrogen) atoms. The number of anilines is 1. The summed E-state index contributed by atoms with van der Waals surface area (Å²) in [5, 5.41) is 14.0. The maximum atomic E-state index is 12.2. The van der Waals surface area contributed by atoms with Gasteiger partial charge in [-0.2, -0.15) is 0 Å². The highest BCUT2D eigenvalue weighted by atomic mass is 16.7. The van der Waals surface area contributed by atoms with Crippen LogP contribution >= 0.6 is 0 Å². The Kier molecular flexibility index (Phi) is 4.24. The lowest BCUT2D eigenvalue weighted by molar-refractivity contribution is 0.0945. The van der Waals surface area contributed by atoms with Crippen molar-refractivity contribution < 1.29 is 14.3 Å². The minimum atomic E-state index is -0.275. The molecule has 0 saturated carbocycles. The summed E-state index contributed by atoms with van der Waals surface area (Å²) in [4.78, 5) is 12.2. The van der Waals surface area contributed by atoms with Crippen LogP contribution in [-0.2, 0) is 6.54 Å². The first-order valence-electron chi connectivity index (χ1n) is 7.69. The van der Waals surface area contributed by atoms with Crippen molar-refractivity contribution in [3.8, 4) is 11.5 Å². The second kappa shape index (κ2) is 6.35. The third-order valence-electron chi connectivity index (χ3n) is 3.29. The van der Waals surface area contributed by atoms with Crippen LogP contribution < -0.4 is 20.1 Å². The van der Waals surface area contributed by atoms with Crippen LogP contribution in [0.2, 0.25) is 0 Å². The molecule has 2 N–H and O–H groups in total. The third kappa shape index (κ3) is 3.92. The van der Waals surface area contributed by atoms with E-state index in [1.165, 1.54) is 0 Å². The van der Waals surface area contributed by atoms with E-state index in [2.05, 4.69) is 20.8 Å². The van der Waals surface area contributed by atoms with Gasteiger partial charge in [0, 0.05) is 12.1 Å². The SMILES string of the molecule is CC(C)(C)Nc1ccc(C(=O)NCc2ccc3c(c2)OCO3)nn1. The van der Waals surface area contributed by atoms with Crippen molar-refractivity contribution in [1.82, 2.24) is 15.5 Å². The van der Waals surface area contributed by atoms with Crippen LogP contribution in [-0.4, -0.2) is 28.4 Å². The first-order valence-corrected chi connectivity index (χ1v) is 7.69. The largest absolute Gasteiger partial charge is 0.454 e. The lowest BCUT2D eigenvalue weighted by Crippen LogP contribution is -2.27. The van der Waals surface area contributed by atoms with Gasteiger partial charge in [0.05, 0.1) is 0 Å². The Hall–Kier alpha value is -2.83. The van der Waals surface area contributed by atoms with Crippen molar-refractivity contribution in [1.29, 1.82) is 0 Å². The second-order valence-electron chi connectivity index (χ2n) is 6.55. The van der Waals surface area contributed by atoms with E-state index in [0.717, 1.165) is 11.3 Å². The molecule has 0 saturated heterocycles. The highest BCUT2D eigenvalue weighted by Gasteiger charge is 2.15. The van der Waals surface area contributed by atoms with E-state index in [0.29, 0.717) is 18.1 Å². The molecule has 126 valence electrons. The van der Waals surface area contributed by atoms with Crippen molar-refractivity contribution in [2.75, 3.05) is 12.1 Å². The summed E-state index contributed by atoms with van der Waals surface area (Å²) in [5.74, 6) is 1.77. The van der Waals surface area contributed by atoms with Crippen LogP contribution in [0.4, 0.5) is 5.82 Å². The molecule has 1 aliphatic rings. The van der Waals surface area contributed by atoms with E-state index in [4.69, 9.17) is 9.47 Å². The van der Waals surface area contributed by atoms with Gasteiger partial charge in [0.25, 0.3) is 5.91 Å². The van der Waals surface area contributed by atoms with Gasteiger partial charge >= 0.3 is 0 Å². The summed E-state index contributed by atoms with van der Waals surface area (Å²) in [6.45, 7) is 6.69. The molecule has 1 aromatic heterocycles. The highest BCUT2D eigenvalue weighted by molar-refractivity contribution is 5.92. The number of aromatic nitrogens is 2. The fourth-order valence-corrected chi connectivity index (χ4v) is 2.23. The van der Waals surface area contributed by atoms with Crippen molar-refractivity contribution in [3.05, 3.63) is 41.6 Å². The van der Waals surface area contributed by atoms with Crippen LogP contribution in [0.25, 0.3) is 0 Å². The van der Waals surface area contributed by atoms with Gasteiger partial charge in [-0.25, -0.2) is 0 Å². The average molecular weight is 328 g/mol. The first kappa shape index (κ1) is 16.0. The molecular weight excluding hydrogens is 308 g/mol. The van der Waals surface area contributed by atoms with Crippen molar-refractivity contribution >= 4 is 11.7 Å². The zero-order valence-electron chi connectivity index (χ0n) is 13.9. The summed E-state index contributed by atoms with van der Waals surface area (Å²) in [5.41, 5.74) is 1.08. The minimum absolute atomic E-state index is 0.113. The number of hydrogen-bond acceptors (Lipinski definition) is 6. The molecule has 0 aliphatic carbocycles. The monoisotopic (exact) mass is 328 g/mol. The molecule has 0 fully saturated rings. The predicted octanol–water partition coefficient (Wildman–Crippen LogP) is 2.35. The lowest BCUT2D eigenvalue weighted by Gasteiger charge is -2.20. The molecular formula is C17H20N4O3. The molecule has 1 aliphatic heterocycles. The molecule has 0 bridgehead atoms. The Bertz CT molecular complexity index is 738. The quantitative estimate of drug-likeness (QED) is 0.896. The Morgan fingerprint density at radius 1 is 1.12 bits per heavy atom. The number of hydrogen-bond donors (Lipinski definition) is 2. The van der Waals surface area contributed by atoms with Gasteiger partial charge < -0.3 is 20.1 Å². The number of carbonyl (C=O) groups is 1. The topological polar surface area (TPSA) is 85.4 Å². The van der Waals surface area contributed by atoms with Gasteiger partial charge in [-0.1, -0.05) is 6.07 Å². The second-order valence-corrected chi connectivity index (χ2v) is 6.55. The fourth-order valence-electron chi connectivity index (χ4n) is 2.23. The van der Waals surface area contributed by atoms with Gasteiger partial charge in [0.1, 0.15) is 5.82 Å². The molecule has 7 nitrogen and oxygen atoms in total. The van der Waals surface area contributed by atoms with Crippen LogP contribution in [0.15, 0.2) is 30.3 Å². The minimum Gasteiger partial charge on any atom is -0.454 e. The summed E-state index contributed by atoms with van der Waals surface area (Å²) in [6, 6.07) is 8.96. The molecule has 1 aromatic carbocycles. The van der Waals surface area contributed by atoms with Crippen LogP contribution in [0.5, 0.6) is 11.5 Å². The molecule has 0 radical (unpaired) electrons. The van der Waals surface area contributed by atoms with Gasteiger partial charge in [-0.3, -0.25) is 4.79 Å². The zero-order valence-corrected chi connectivity index (χ0v) is 13.9. The molecule has 0 unspecified atom stereocenters. The number of fused-ring (bicyclic) bond motifs is 1. The van der Waals surface area contributed by atoms with E-state index in [1.807, 2.05) is 39.0 Å². The van der Waals surface area contributed by atoms with Gasteiger partial charge in [0.15, 0.2) is 17.2 Å². The Labute approximate surface area is 140 Å². The smallest absolute Gasteiger partial charge is 0.272 e. The molecule has 2 heterocycles. The summed E-state index contributed by atoms with van der Waals surface area (Å²) in [7, 11) is 0. The van der Waals surface area contributed by atoms with Crippen molar-refractivity contribution in [2.24, 2.45) is 0 Å². The van der Waals surface area contributed by atoms with Crippen LogP contribution in [0.3, 0.4) is 0 Å². The van der Waals surface area contributed by atoms with E-state index in [9.17, 15) is 4.79 Å². The maximum absolute atomic E-state index is 12.2. The van der Waals surface area contributed by atoms with Crippen LogP contribution in [0, 0.1) is 0 Å². The Balaban J connectivity index is 1.59. The standard InChI is InChI=1S/C17H20N4O3/c1-17(2,3)19-15-7-5-12(20-21-15)16(22)18-9-11-4-6-13-14(8-11)24-10-23-13/h4-8H,9-10H2,1-3H3,(H,18,22)(H,19,21). The van der Waals surface area contributed by atoms with E-state index < -0.39 is 0 Å². The number of nitrogens with one attached hydrogen (secondary N) is 2. The summed E-state index contributed by atoms with van der Waals surface area (Å²) in [6.07, 6.45) is 0. The van der Waals surface area contributed by atoms with Gasteiger partial charge in [-0.15, -0.1) is 10.2 Å². The number of rotatable bonds is 4. The Morgan fingerprint density at radius 3 is 2.62 bits per heavy atom.